The second kappa shape index (κ2) is 8.20. The van der Waals surface area contributed by atoms with Crippen molar-refractivity contribution in [1.29, 1.82) is 0 Å². The molecule has 1 aromatic heterocycles. The molecule has 1 saturated heterocycles. The summed E-state index contributed by atoms with van der Waals surface area (Å²) in [5.41, 5.74) is 1.76. The molecule has 154 valence electrons. The lowest BCUT2D eigenvalue weighted by Gasteiger charge is -2.35. The molecule has 1 fully saturated rings. The fraction of sp³-hybridized carbons (Fsp3) is 0.421. The highest BCUT2D eigenvalue weighted by Gasteiger charge is 2.27. The lowest BCUT2D eigenvalue weighted by molar-refractivity contribution is -0.120. The Morgan fingerprint density at radius 1 is 1.31 bits per heavy atom. The Morgan fingerprint density at radius 3 is 2.86 bits per heavy atom. The van der Waals surface area contributed by atoms with Crippen LogP contribution in [-0.2, 0) is 18.4 Å². The maximum atomic E-state index is 12.6. The van der Waals surface area contributed by atoms with Gasteiger partial charge in [-0.25, -0.2) is 0 Å². The number of carbonyl (C=O) groups excluding carboxylic acids is 1. The van der Waals surface area contributed by atoms with Crippen LogP contribution in [0.15, 0.2) is 29.5 Å². The molecule has 1 amide bonds. The van der Waals surface area contributed by atoms with Gasteiger partial charge in [-0.1, -0.05) is 11.6 Å². The summed E-state index contributed by atoms with van der Waals surface area (Å²) in [7, 11) is 3.54. The predicted molar refractivity (Wildman–Crippen MR) is 110 cm³/mol. The van der Waals surface area contributed by atoms with E-state index in [4.69, 9.17) is 21.1 Å². The van der Waals surface area contributed by atoms with Gasteiger partial charge in [0, 0.05) is 39.9 Å². The molecule has 2 aromatic rings. The summed E-state index contributed by atoms with van der Waals surface area (Å²) in [6.07, 6.45) is 3.54. The summed E-state index contributed by atoms with van der Waals surface area (Å²) >= 11 is 6.31. The Hall–Kier alpha value is -2.94. The molecule has 1 aromatic carbocycles. The third-order valence-corrected chi connectivity index (χ3v) is 5.12. The van der Waals surface area contributed by atoms with E-state index in [9.17, 15) is 4.79 Å². The summed E-state index contributed by atoms with van der Waals surface area (Å²) in [5.74, 6) is 1.91. The van der Waals surface area contributed by atoms with E-state index in [2.05, 4.69) is 15.4 Å². The summed E-state index contributed by atoms with van der Waals surface area (Å²) in [4.78, 5) is 20.6. The summed E-state index contributed by atoms with van der Waals surface area (Å²) in [5, 5.41) is 7.97. The average molecular weight is 419 g/mol. The Labute approximate surface area is 173 Å². The number of aliphatic imine (C=N–C) groups is 1. The van der Waals surface area contributed by atoms with Gasteiger partial charge in [-0.05, 0) is 17.7 Å². The van der Waals surface area contributed by atoms with Crippen molar-refractivity contribution in [3.63, 3.8) is 0 Å². The molecular weight excluding hydrogens is 396 g/mol. The van der Waals surface area contributed by atoms with E-state index in [1.54, 1.807) is 22.8 Å². The zero-order chi connectivity index (χ0) is 20.4. The molecule has 9 nitrogen and oxygen atoms in total. The summed E-state index contributed by atoms with van der Waals surface area (Å²) < 4.78 is 12.9. The molecule has 0 bridgehead atoms. The number of anilines is 1. The minimum absolute atomic E-state index is 0.00886. The van der Waals surface area contributed by atoms with Gasteiger partial charge >= 0.3 is 0 Å². The number of aromatic nitrogens is 2. The molecule has 0 spiro atoms. The number of hydrogen-bond acceptors (Lipinski definition) is 5. The third kappa shape index (κ3) is 4.09. The highest BCUT2D eigenvalue weighted by atomic mass is 35.5. The number of nitrogens with zero attached hydrogens (tertiary/aromatic N) is 5. The van der Waals surface area contributed by atoms with Crippen molar-refractivity contribution in [3.8, 4) is 11.5 Å². The van der Waals surface area contributed by atoms with Gasteiger partial charge in [-0.15, -0.1) is 0 Å². The van der Waals surface area contributed by atoms with Gasteiger partial charge in [0.15, 0.2) is 17.5 Å². The van der Waals surface area contributed by atoms with Gasteiger partial charge in [0.05, 0.1) is 16.9 Å². The van der Waals surface area contributed by atoms with Gasteiger partial charge in [0.1, 0.15) is 19.8 Å². The standard InChI is InChI=1S/C19H23ClN6O3/c1-21-19(22-9-13-7-15(20)18-16(8-13)28-5-6-29-18)25-3-4-26(17(27)12-25)14-10-23-24(2)11-14/h7-8,10-11H,3-6,9,12H2,1-2H3,(H,21,22). The molecule has 3 heterocycles. The topological polar surface area (TPSA) is 84.2 Å². The van der Waals surface area contributed by atoms with Crippen LogP contribution in [0, 0.1) is 0 Å². The zero-order valence-corrected chi connectivity index (χ0v) is 17.1. The number of aryl methyl sites for hydroxylation is 1. The van der Waals surface area contributed by atoms with E-state index in [1.807, 2.05) is 30.3 Å². The van der Waals surface area contributed by atoms with E-state index in [0.29, 0.717) is 55.3 Å². The van der Waals surface area contributed by atoms with Gasteiger partial charge in [-0.2, -0.15) is 5.10 Å². The van der Waals surface area contributed by atoms with E-state index in [0.717, 1.165) is 11.3 Å². The van der Waals surface area contributed by atoms with Crippen LogP contribution in [-0.4, -0.2) is 66.4 Å². The number of halogens is 1. The normalized spacial score (nSPS) is 16.9. The maximum Gasteiger partial charge on any atom is 0.246 e. The van der Waals surface area contributed by atoms with Gasteiger partial charge in [0.2, 0.25) is 5.91 Å². The highest BCUT2D eigenvalue weighted by Crippen LogP contribution is 2.38. The average Bonchev–Trinajstić information content (AvgIpc) is 3.14. The van der Waals surface area contributed by atoms with Gasteiger partial charge < -0.3 is 24.6 Å². The first-order valence-electron chi connectivity index (χ1n) is 9.38. The van der Waals surface area contributed by atoms with Crippen molar-refractivity contribution >= 4 is 29.2 Å². The Kier molecular flexibility index (Phi) is 5.48. The Bertz CT molecular complexity index is 944. The molecule has 0 atom stereocenters. The van der Waals surface area contributed by atoms with Crippen molar-refractivity contribution in [3.05, 3.63) is 35.1 Å². The number of hydrogen-bond donors (Lipinski definition) is 1. The number of guanidine groups is 1. The fourth-order valence-electron chi connectivity index (χ4n) is 3.45. The molecule has 2 aliphatic rings. The van der Waals surface area contributed by atoms with Crippen LogP contribution in [0.5, 0.6) is 11.5 Å². The second-order valence-electron chi connectivity index (χ2n) is 6.84. The lowest BCUT2D eigenvalue weighted by Crippen LogP contribution is -2.55. The quantitative estimate of drug-likeness (QED) is 0.597. The minimum Gasteiger partial charge on any atom is -0.486 e. The number of piperazine rings is 1. The molecule has 29 heavy (non-hydrogen) atoms. The van der Waals surface area contributed by atoms with Crippen LogP contribution >= 0.6 is 11.6 Å². The van der Waals surface area contributed by atoms with Gasteiger partial charge in [-0.3, -0.25) is 14.5 Å². The van der Waals surface area contributed by atoms with Crippen LogP contribution in [0.3, 0.4) is 0 Å². The van der Waals surface area contributed by atoms with Crippen molar-refractivity contribution in [2.75, 3.05) is 44.8 Å². The first-order valence-corrected chi connectivity index (χ1v) is 9.75. The molecule has 2 aliphatic heterocycles. The van der Waals surface area contributed by atoms with Crippen LogP contribution in [0.1, 0.15) is 5.56 Å². The Morgan fingerprint density at radius 2 is 2.14 bits per heavy atom. The first kappa shape index (κ1) is 19.4. The number of nitrogens with one attached hydrogen (secondary N) is 1. The third-order valence-electron chi connectivity index (χ3n) is 4.84. The lowest BCUT2D eigenvalue weighted by atomic mass is 10.2. The summed E-state index contributed by atoms with van der Waals surface area (Å²) in [6, 6.07) is 3.76. The molecule has 4 rings (SSSR count). The summed E-state index contributed by atoms with van der Waals surface area (Å²) in [6.45, 7) is 2.99. The van der Waals surface area contributed by atoms with Crippen LogP contribution in [0.25, 0.3) is 0 Å². The number of amides is 1. The van der Waals surface area contributed by atoms with Crippen molar-refractivity contribution in [2.24, 2.45) is 12.0 Å². The highest BCUT2D eigenvalue weighted by molar-refractivity contribution is 6.32. The van der Waals surface area contributed by atoms with Crippen molar-refractivity contribution in [1.82, 2.24) is 20.0 Å². The number of benzene rings is 1. The SMILES string of the molecule is CN=C(NCc1cc(Cl)c2c(c1)OCCO2)N1CCN(c2cnn(C)c2)C(=O)C1. The first-order chi connectivity index (χ1) is 14.0. The van der Waals surface area contributed by atoms with E-state index in [1.165, 1.54) is 0 Å². The minimum atomic E-state index is 0.00886. The Balaban J connectivity index is 1.39. The fourth-order valence-corrected chi connectivity index (χ4v) is 3.74. The van der Waals surface area contributed by atoms with E-state index < -0.39 is 0 Å². The van der Waals surface area contributed by atoms with Crippen molar-refractivity contribution in [2.45, 2.75) is 6.54 Å². The zero-order valence-electron chi connectivity index (χ0n) is 16.4. The molecule has 0 saturated carbocycles. The van der Waals surface area contributed by atoms with E-state index in [-0.39, 0.29) is 12.5 Å². The number of carbonyl (C=O) groups is 1. The largest absolute Gasteiger partial charge is 0.486 e. The molecule has 0 unspecified atom stereocenters. The van der Waals surface area contributed by atoms with Crippen LogP contribution < -0.4 is 19.7 Å². The molecule has 10 heteroatoms. The second-order valence-corrected chi connectivity index (χ2v) is 7.25. The molecule has 0 aliphatic carbocycles. The predicted octanol–water partition coefficient (Wildman–Crippen LogP) is 1.27. The van der Waals surface area contributed by atoms with E-state index >= 15 is 0 Å². The maximum absolute atomic E-state index is 12.6. The smallest absolute Gasteiger partial charge is 0.246 e. The van der Waals surface area contributed by atoms with Gasteiger partial charge in [0.25, 0.3) is 0 Å². The van der Waals surface area contributed by atoms with Crippen LogP contribution in [0.4, 0.5) is 5.69 Å². The van der Waals surface area contributed by atoms with Crippen molar-refractivity contribution < 1.29 is 14.3 Å². The van der Waals surface area contributed by atoms with Crippen LogP contribution in [0.2, 0.25) is 5.02 Å². The number of fused-ring (bicyclic) bond motifs is 1. The monoisotopic (exact) mass is 418 g/mol. The number of rotatable bonds is 3. The molecule has 0 radical (unpaired) electrons. The number of ether oxygens (including phenoxy) is 2. The molecular formula is C19H23ClN6O3. The molecule has 1 N–H and O–H groups in total.